The maximum Gasteiger partial charge on any atom is 0.226 e. The van der Waals surface area contributed by atoms with Gasteiger partial charge in [0.15, 0.2) is 5.65 Å². The third kappa shape index (κ3) is 2.78. The van der Waals surface area contributed by atoms with Crippen molar-refractivity contribution < 1.29 is 4.79 Å². The summed E-state index contributed by atoms with van der Waals surface area (Å²) in [5.74, 6) is 0.565. The molecule has 2 aliphatic carbocycles. The van der Waals surface area contributed by atoms with E-state index in [-0.39, 0.29) is 5.92 Å². The van der Waals surface area contributed by atoms with Gasteiger partial charge in [0.1, 0.15) is 0 Å². The Balaban J connectivity index is 1.61. The molecule has 0 saturated heterocycles. The first-order valence-corrected chi connectivity index (χ1v) is 10.0. The Bertz CT molecular complexity index is 1030. The van der Waals surface area contributed by atoms with E-state index in [4.69, 9.17) is 0 Å². The number of amides is 1. The maximum absolute atomic E-state index is 13.0. The number of aryl methyl sites for hydroxylation is 2. The highest BCUT2D eigenvalue weighted by Gasteiger charge is 2.37. The number of pyridine rings is 1. The van der Waals surface area contributed by atoms with E-state index in [1.54, 1.807) is 0 Å². The van der Waals surface area contributed by atoms with Crippen LogP contribution in [0.15, 0.2) is 18.2 Å². The molecule has 0 bridgehead atoms. The fourth-order valence-corrected chi connectivity index (χ4v) is 4.48. The molecule has 0 radical (unpaired) electrons. The minimum absolute atomic E-state index is 0.239. The lowest BCUT2D eigenvalue weighted by atomic mass is 10.0. The third-order valence-corrected chi connectivity index (χ3v) is 6.35. The Morgan fingerprint density at radius 1 is 1.19 bits per heavy atom. The highest BCUT2D eigenvalue weighted by molar-refractivity contribution is 5.87. The molecule has 1 amide bonds. The number of benzene rings is 1. The zero-order valence-electron chi connectivity index (χ0n) is 16.0. The van der Waals surface area contributed by atoms with Gasteiger partial charge in [0.25, 0.3) is 0 Å². The van der Waals surface area contributed by atoms with Gasteiger partial charge in [-0.15, -0.1) is 5.10 Å². The predicted octanol–water partition coefficient (Wildman–Crippen LogP) is 3.58. The second-order valence-corrected chi connectivity index (χ2v) is 8.21. The molecular weight excluding hydrogens is 338 g/mol. The summed E-state index contributed by atoms with van der Waals surface area (Å²) in [5, 5.41) is 13.6. The molecule has 0 atom stereocenters. The summed E-state index contributed by atoms with van der Waals surface area (Å²) in [7, 11) is 0. The first kappa shape index (κ1) is 16.7. The molecule has 140 valence electrons. The van der Waals surface area contributed by atoms with E-state index in [1.807, 2.05) is 4.52 Å². The van der Waals surface area contributed by atoms with Gasteiger partial charge < -0.3 is 4.90 Å². The van der Waals surface area contributed by atoms with Gasteiger partial charge in [-0.05, 0) is 67.2 Å². The van der Waals surface area contributed by atoms with Gasteiger partial charge in [0.05, 0.1) is 5.52 Å². The van der Waals surface area contributed by atoms with Crippen LogP contribution in [0.25, 0.3) is 16.6 Å². The average Bonchev–Trinajstić information content (AvgIpc) is 3.16. The smallest absolute Gasteiger partial charge is 0.226 e. The third-order valence-electron chi connectivity index (χ3n) is 6.35. The van der Waals surface area contributed by atoms with Gasteiger partial charge in [0.2, 0.25) is 5.91 Å². The molecule has 3 aromatic rings. The van der Waals surface area contributed by atoms with E-state index in [9.17, 15) is 4.79 Å². The van der Waals surface area contributed by atoms with Crippen molar-refractivity contribution in [2.45, 2.75) is 65.0 Å². The molecule has 27 heavy (non-hydrogen) atoms. The summed E-state index contributed by atoms with van der Waals surface area (Å²) < 4.78 is 1.85. The van der Waals surface area contributed by atoms with Gasteiger partial charge in [-0.25, -0.2) is 0 Å². The largest absolute Gasteiger partial charge is 0.335 e. The van der Waals surface area contributed by atoms with Crippen LogP contribution >= 0.6 is 0 Å². The van der Waals surface area contributed by atoms with Crippen molar-refractivity contribution in [3.8, 4) is 0 Å². The normalized spacial score (nSPS) is 17.9. The average molecular weight is 363 g/mol. The molecular formula is C21H25N5O. The van der Waals surface area contributed by atoms with Crippen LogP contribution in [-0.4, -0.2) is 36.9 Å². The summed E-state index contributed by atoms with van der Waals surface area (Å²) in [4.78, 5) is 15.1. The fraction of sp³-hybridized carbons (Fsp3) is 0.524. The van der Waals surface area contributed by atoms with Crippen LogP contribution < -0.4 is 0 Å². The number of tetrazole rings is 1. The first-order valence-electron chi connectivity index (χ1n) is 10.0. The van der Waals surface area contributed by atoms with E-state index >= 15 is 0 Å². The van der Waals surface area contributed by atoms with Crippen LogP contribution in [0.5, 0.6) is 0 Å². The zero-order chi connectivity index (χ0) is 18.5. The first-order chi connectivity index (χ1) is 13.1. The Morgan fingerprint density at radius 2 is 1.96 bits per heavy atom. The second-order valence-electron chi connectivity index (χ2n) is 8.21. The highest BCUT2D eigenvalue weighted by atomic mass is 16.2. The summed E-state index contributed by atoms with van der Waals surface area (Å²) >= 11 is 0. The Labute approximate surface area is 158 Å². The lowest BCUT2D eigenvalue weighted by Gasteiger charge is -2.29. The van der Waals surface area contributed by atoms with E-state index in [0.717, 1.165) is 47.8 Å². The number of carbonyl (C=O) groups excluding carboxylic acids is 1. The minimum Gasteiger partial charge on any atom is -0.335 e. The zero-order valence-corrected chi connectivity index (χ0v) is 16.0. The van der Waals surface area contributed by atoms with Crippen LogP contribution in [0.2, 0.25) is 0 Å². The molecule has 0 N–H and O–H groups in total. The lowest BCUT2D eigenvalue weighted by Crippen LogP contribution is -2.39. The van der Waals surface area contributed by atoms with E-state index < -0.39 is 0 Å². The number of rotatable bonds is 4. The van der Waals surface area contributed by atoms with Crippen molar-refractivity contribution in [2.24, 2.45) is 5.92 Å². The number of carbonyl (C=O) groups is 1. The molecule has 0 unspecified atom stereocenters. The van der Waals surface area contributed by atoms with Crippen molar-refractivity contribution in [3.05, 3.63) is 34.9 Å². The summed E-state index contributed by atoms with van der Waals surface area (Å²) in [6.07, 6.45) is 6.76. The Morgan fingerprint density at radius 3 is 2.70 bits per heavy atom. The SMILES string of the molecule is Cc1ccc2cc(CN(C(=O)C3CC3)C3CCCC3)c3nnnn3c2c1C. The van der Waals surface area contributed by atoms with Crippen LogP contribution in [-0.2, 0) is 11.3 Å². The van der Waals surface area contributed by atoms with Crippen molar-refractivity contribution in [1.82, 2.24) is 24.9 Å². The van der Waals surface area contributed by atoms with Crippen molar-refractivity contribution >= 4 is 22.5 Å². The molecule has 6 nitrogen and oxygen atoms in total. The molecule has 2 aromatic heterocycles. The number of hydrogen-bond acceptors (Lipinski definition) is 4. The number of hydrogen-bond donors (Lipinski definition) is 0. The molecule has 2 heterocycles. The lowest BCUT2D eigenvalue weighted by molar-refractivity contribution is -0.135. The molecule has 0 spiro atoms. The fourth-order valence-electron chi connectivity index (χ4n) is 4.48. The Hall–Kier alpha value is -2.50. The molecule has 2 saturated carbocycles. The van der Waals surface area contributed by atoms with E-state index in [1.165, 1.54) is 24.0 Å². The minimum atomic E-state index is 0.239. The second kappa shape index (κ2) is 6.29. The van der Waals surface area contributed by atoms with Crippen LogP contribution in [0.4, 0.5) is 0 Å². The van der Waals surface area contributed by atoms with Crippen LogP contribution in [0, 0.1) is 19.8 Å². The molecule has 2 fully saturated rings. The van der Waals surface area contributed by atoms with Gasteiger partial charge in [-0.1, -0.05) is 25.0 Å². The summed E-state index contributed by atoms with van der Waals surface area (Å²) in [6.45, 7) is 4.82. The van der Waals surface area contributed by atoms with Gasteiger partial charge >= 0.3 is 0 Å². The number of nitrogens with zero attached hydrogens (tertiary/aromatic N) is 5. The van der Waals surface area contributed by atoms with Gasteiger partial charge in [-0.3, -0.25) is 4.79 Å². The highest BCUT2D eigenvalue weighted by Crippen LogP contribution is 2.35. The quantitative estimate of drug-likeness (QED) is 0.711. The Kier molecular flexibility index (Phi) is 3.88. The summed E-state index contributed by atoms with van der Waals surface area (Å²) in [5.41, 5.74) is 5.28. The predicted molar refractivity (Wildman–Crippen MR) is 103 cm³/mol. The maximum atomic E-state index is 13.0. The van der Waals surface area contributed by atoms with Gasteiger partial charge in [-0.2, -0.15) is 4.52 Å². The van der Waals surface area contributed by atoms with Gasteiger partial charge in [0, 0.05) is 29.5 Å². The van der Waals surface area contributed by atoms with Crippen LogP contribution in [0.1, 0.15) is 55.2 Å². The van der Waals surface area contributed by atoms with E-state index in [0.29, 0.717) is 18.5 Å². The van der Waals surface area contributed by atoms with Crippen molar-refractivity contribution in [1.29, 1.82) is 0 Å². The monoisotopic (exact) mass is 363 g/mol. The summed E-state index contributed by atoms with van der Waals surface area (Å²) in [6, 6.07) is 6.81. The molecule has 1 aromatic carbocycles. The molecule has 2 aliphatic rings. The standard InChI is InChI=1S/C21H25N5O/c1-13-7-8-16-11-17(20-22-23-24-26(20)19(16)14(13)2)12-25(18-5-3-4-6-18)21(27)15-9-10-15/h7-8,11,15,18H,3-6,9-10,12H2,1-2H3. The van der Waals surface area contributed by atoms with Crippen molar-refractivity contribution in [2.75, 3.05) is 0 Å². The van der Waals surface area contributed by atoms with Crippen molar-refractivity contribution in [3.63, 3.8) is 0 Å². The number of aromatic nitrogens is 4. The molecule has 6 heteroatoms. The molecule has 0 aliphatic heterocycles. The number of fused-ring (bicyclic) bond motifs is 3. The van der Waals surface area contributed by atoms with E-state index in [2.05, 4.69) is 52.5 Å². The topological polar surface area (TPSA) is 63.4 Å². The molecule has 5 rings (SSSR count). The van der Waals surface area contributed by atoms with Crippen LogP contribution in [0.3, 0.4) is 0 Å².